The number of hydrogen-bond acceptors (Lipinski definition) is 4. The number of methoxy groups -OCH3 is 1. The van der Waals surface area contributed by atoms with Crippen molar-refractivity contribution in [2.75, 3.05) is 7.11 Å². The molecule has 1 heterocycles. The topological polar surface area (TPSA) is 53.9 Å². The fourth-order valence-corrected chi connectivity index (χ4v) is 4.18. The minimum Gasteiger partial charge on any atom is -0.508 e. The van der Waals surface area contributed by atoms with Crippen LogP contribution in [0.25, 0.3) is 0 Å². The molecule has 29 heavy (non-hydrogen) atoms. The minimum atomic E-state index is -0.338. The number of ether oxygens (including phenoxy) is 1. The molecule has 3 aromatic carbocycles. The molecule has 0 saturated heterocycles. The first-order valence-electron chi connectivity index (χ1n) is 9.25. The number of para-hydroxylation sites is 1. The molecule has 4 rings (SSSR count). The Labute approximate surface area is 183 Å². The number of phenols is 1. The van der Waals surface area contributed by atoms with Gasteiger partial charge in [-0.2, -0.15) is 0 Å². The van der Waals surface area contributed by atoms with E-state index in [1.54, 1.807) is 13.2 Å². The summed E-state index contributed by atoms with van der Waals surface area (Å²) in [6, 6.07) is 20.8. The molecule has 0 bridgehead atoms. The average molecular weight is 472 g/mol. The fraction of sp³-hybridized carbons (Fsp3) is 0.174. The van der Waals surface area contributed by atoms with Crippen molar-refractivity contribution in [2.24, 2.45) is 4.99 Å². The summed E-state index contributed by atoms with van der Waals surface area (Å²) in [6.45, 7) is 0. The Balaban J connectivity index is 1.82. The lowest BCUT2D eigenvalue weighted by Crippen LogP contribution is -2.33. The lowest BCUT2D eigenvalue weighted by atomic mass is 9.93. The van der Waals surface area contributed by atoms with E-state index in [1.807, 2.05) is 60.7 Å². The average Bonchev–Trinajstić information content (AvgIpc) is 2.74. The molecule has 0 radical (unpaired) electrons. The highest BCUT2D eigenvalue weighted by Gasteiger charge is 2.29. The second kappa shape index (κ2) is 8.57. The first-order valence-corrected chi connectivity index (χ1v) is 10.4. The number of phenolic OH excluding ortho intramolecular Hbond substituents is 1. The first-order chi connectivity index (χ1) is 14.0. The molecule has 0 aromatic heterocycles. The largest absolute Gasteiger partial charge is 0.508 e. The van der Waals surface area contributed by atoms with E-state index in [-0.39, 0.29) is 18.0 Å². The fourth-order valence-electron chi connectivity index (χ4n) is 3.61. The number of aromatic hydroxyl groups is 1. The van der Waals surface area contributed by atoms with Gasteiger partial charge in [-0.05, 0) is 42.0 Å². The highest BCUT2D eigenvalue weighted by Crippen LogP contribution is 2.37. The molecule has 1 aliphatic heterocycles. The number of rotatable bonds is 4. The van der Waals surface area contributed by atoms with Crippen molar-refractivity contribution >= 4 is 33.2 Å². The molecule has 1 aliphatic rings. The molecule has 0 spiro atoms. The third-order valence-electron chi connectivity index (χ3n) is 5.00. The summed E-state index contributed by atoms with van der Waals surface area (Å²) < 4.78 is 6.52. The number of aliphatic imine (C=N–C) groups is 1. The number of nitrogens with zero attached hydrogens (tertiary/aromatic N) is 1. The first kappa shape index (κ1) is 20.0. The van der Waals surface area contributed by atoms with Crippen LogP contribution in [0.1, 0.15) is 35.3 Å². The molecule has 2 N–H and O–H groups in total. The second-order valence-electron chi connectivity index (χ2n) is 6.86. The van der Waals surface area contributed by atoms with Gasteiger partial charge in [0, 0.05) is 38.8 Å². The third-order valence-corrected chi connectivity index (χ3v) is 5.73. The molecule has 0 fully saturated rings. The number of hydrogen-bond donors (Lipinski definition) is 2. The molecule has 0 saturated carbocycles. The van der Waals surface area contributed by atoms with Crippen LogP contribution in [0.4, 0.5) is 0 Å². The monoisotopic (exact) mass is 470 g/mol. The van der Waals surface area contributed by atoms with Gasteiger partial charge in [0.05, 0.1) is 7.11 Å². The Kier molecular flexibility index (Phi) is 5.90. The predicted molar refractivity (Wildman–Crippen MR) is 120 cm³/mol. The van der Waals surface area contributed by atoms with Gasteiger partial charge in [-0.25, -0.2) is 0 Å². The van der Waals surface area contributed by atoms with Crippen LogP contribution in [-0.4, -0.2) is 17.9 Å². The van der Waals surface area contributed by atoms with E-state index >= 15 is 0 Å². The molecule has 0 aliphatic carbocycles. The van der Waals surface area contributed by atoms with Gasteiger partial charge in [0.1, 0.15) is 17.7 Å². The van der Waals surface area contributed by atoms with Gasteiger partial charge in [-0.3, -0.25) is 10.3 Å². The maximum atomic E-state index is 10.4. The van der Waals surface area contributed by atoms with Crippen molar-refractivity contribution < 1.29 is 9.84 Å². The number of nitrogens with one attached hydrogen (secondary N) is 1. The van der Waals surface area contributed by atoms with E-state index in [0.29, 0.717) is 11.4 Å². The summed E-state index contributed by atoms with van der Waals surface area (Å²) in [5.41, 5.74) is 3.65. The zero-order valence-corrected chi connectivity index (χ0v) is 18.1. The molecule has 148 valence electrons. The van der Waals surface area contributed by atoms with Crippen LogP contribution in [0.5, 0.6) is 11.5 Å². The zero-order chi connectivity index (χ0) is 20.4. The van der Waals surface area contributed by atoms with E-state index in [0.717, 1.165) is 32.6 Å². The van der Waals surface area contributed by atoms with Crippen molar-refractivity contribution in [3.63, 3.8) is 0 Å². The van der Waals surface area contributed by atoms with Crippen LogP contribution >= 0.6 is 27.5 Å². The van der Waals surface area contributed by atoms with Crippen molar-refractivity contribution in [3.05, 3.63) is 92.9 Å². The maximum absolute atomic E-state index is 10.4. The van der Waals surface area contributed by atoms with Gasteiger partial charge >= 0.3 is 0 Å². The van der Waals surface area contributed by atoms with E-state index in [4.69, 9.17) is 21.3 Å². The van der Waals surface area contributed by atoms with Gasteiger partial charge in [0.2, 0.25) is 0 Å². The molecule has 6 heteroatoms. The van der Waals surface area contributed by atoms with Crippen LogP contribution in [0, 0.1) is 0 Å². The normalized spacial score (nSPS) is 18.9. The quantitative estimate of drug-likeness (QED) is 0.488. The Hall–Kier alpha value is -2.34. The molecule has 4 nitrogen and oxygen atoms in total. The lowest BCUT2D eigenvalue weighted by molar-refractivity contribution is 0.381. The van der Waals surface area contributed by atoms with Crippen molar-refractivity contribution in [3.8, 4) is 11.5 Å². The minimum absolute atomic E-state index is 0.114. The standard InChI is InChI=1S/C23H20BrClN2O2/c1-29-22-10-9-15(24)12-18(22)23-26-19(14-5-4-6-16(25)11-14)13-20(27-23)17-7-2-3-8-21(17)28/h2-12,20,23,27-28H,13H2,1H3/t20-,23-/m1/s1. The van der Waals surface area contributed by atoms with Crippen molar-refractivity contribution in [1.82, 2.24) is 5.32 Å². The highest BCUT2D eigenvalue weighted by molar-refractivity contribution is 9.10. The number of halogens is 2. The Morgan fingerprint density at radius 3 is 2.66 bits per heavy atom. The van der Waals surface area contributed by atoms with E-state index in [2.05, 4.69) is 21.2 Å². The van der Waals surface area contributed by atoms with Crippen LogP contribution < -0.4 is 10.1 Å². The maximum Gasteiger partial charge on any atom is 0.130 e. The lowest BCUT2D eigenvalue weighted by Gasteiger charge is -2.31. The summed E-state index contributed by atoms with van der Waals surface area (Å²) in [5.74, 6) is 1.01. The molecule has 3 aromatic rings. The van der Waals surface area contributed by atoms with Gasteiger partial charge < -0.3 is 9.84 Å². The van der Waals surface area contributed by atoms with Gasteiger partial charge in [-0.1, -0.05) is 57.9 Å². The molecule has 2 atom stereocenters. The molecule has 0 amide bonds. The predicted octanol–water partition coefficient (Wildman–Crippen LogP) is 6.04. The summed E-state index contributed by atoms with van der Waals surface area (Å²) in [7, 11) is 1.65. The SMILES string of the molecule is COc1ccc(Br)cc1[C@@H]1N=C(c2cccc(Cl)c2)C[C@H](c2ccccc2O)N1. The highest BCUT2D eigenvalue weighted by atomic mass is 79.9. The van der Waals surface area contributed by atoms with Crippen LogP contribution in [-0.2, 0) is 0 Å². The second-order valence-corrected chi connectivity index (χ2v) is 8.21. The Morgan fingerprint density at radius 1 is 1.07 bits per heavy atom. The zero-order valence-electron chi connectivity index (χ0n) is 15.8. The summed E-state index contributed by atoms with van der Waals surface area (Å²) in [4.78, 5) is 4.98. The summed E-state index contributed by atoms with van der Waals surface area (Å²) in [5, 5.41) is 14.7. The van der Waals surface area contributed by atoms with E-state index < -0.39 is 0 Å². The van der Waals surface area contributed by atoms with Gasteiger partial charge in [0.25, 0.3) is 0 Å². The smallest absolute Gasteiger partial charge is 0.130 e. The summed E-state index contributed by atoms with van der Waals surface area (Å²) in [6.07, 6.45) is 0.292. The van der Waals surface area contributed by atoms with Gasteiger partial charge in [0.15, 0.2) is 0 Å². The van der Waals surface area contributed by atoms with Crippen molar-refractivity contribution in [1.29, 1.82) is 0 Å². The van der Waals surface area contributed by atoms with Crippen LogP contribution in [0.3, 0.4) is 0 Å². The van der Waals surface area contributed by atoms with Crippen molar-refractivity contribution in [2.45, 2.75) is 18.6 Å². The summed E-state index contributed by atoms with van der Waals surface area (Å²) >= 11 is 9.77. The van der Waals surface area contributed by atoms with Crippen LogP contribution in [0.2, 0.25) is 5.02 Å². The van der Waals surface area contributed by atoms with Gasteiger partial charge in [-0.15, -0.1) is 0 Å². The molecule has 0 unspecified atom stereocenters. The number of benzene rings is 3. The van der Waals surface area contributed by atoms with E-state index in [1.165, 1.54) is 0 Å². The molecular formula is C23H20BrClN2O2. The Bertz CT molecular complexity index is 1070. The van der Waals surface area contributed by atoms with Crippen LogP contribution in [0.15, 0.2) is 76.2 Å². The molecular weight excluding hydrogens is 452 g/mol. The third kappa shape index (κ3) is 4.32. The Morgan fingerprint density at radius 2 is 1.90 bits per heavy atom. The van der Waals surface area contributed by atoms with E-state index in [9.17, 15) is 5.11 Å².